The predicted octanol–water partition coefficient (Wildman–Crippen LogP) is 1.29. The minimum atomic E-state index is -0.00784. The third-order valence-corrected chi connectivity index (χ3v) is 4.38. The van der Waals surface area contributed by atoms with E-state index in [9.17, 15) is 4.79 Å². The fourth-order valence-electron chi connectivity index (χ4n) is 3.29. The third-order valence-electron chi connectivity index (χ3n) is 4.38. The van der Waals surface area contributed by atoms with Gasteiger partial charge in [-0.2, -0.15) is 0 Å². The second-order valence-corrected chi connectivity index (χ2v) is 5.66. The van der Waals surface area contributed by atoms with Gasteiger partial charge in [-0.05, 0) is 30.4 Å². The van der Waals surface area contributed by atoms with Crippen molar-refractivity contribution >= 4 is 5.91 Å². The molecule has 1 aromatic carbocycles. The van der Waals surface area contributed by atoms with Gasteiger partial charge in [0.2, 0.25) is 5.91 Å². The Morgan fingerprint density at radius 1 is 1.40 bits per heavy atom. The molecule has 1 aliphatic carbocycles. The molecule has 20 heavy (non-hydrogen) atoms. The van der Waals surface area contributed by atoms with Crippen molar-refractivity contribution in [3.05, 3.63) is 35.4 Å². The first-order chi connectivity index (χ1) is 9.79. The molecule has 0 saturated carbocycles. The maximum atomic E-state index is 12.8. The average Bonchev–Trinajstić information content (AvgIpc) is 2.53. The van der Waals surface area contributed by atoms with Crippen LogP contribution in [0.25, 0.3) is 0 Å². The molecule has 108 valence electrons. The largest absolute Gasteiger partial charge is 0.373 e. The summed E-state index contributed by atoms with van der Waals surface area (Å²) >= 11 is 0. The summed E-state index contributed by atoms with van der Waals surface area (Å²) in [6.07, 6.45) is 3.14. The van der Waals surface area contributed by atoms with Crippen molar-refractivity contribution in [2.45, 2.75) is 31.3 Å². The van der Waals surface area contributed by atoms with Crippen LogP contribution in [0.1, 0.15) is 29.9 Å². The van der Waals surface area contributed by atoms with E-state index in [1.807, 2.05) is 11.0 Å². The Balaban J connectivity index is 1.78. The molecule has 0 spiro atoms. The topological polar surface area (TPSA) is 55.6 Å². The normalized spacial score (nSPS) is 26.1. The number of amides is 1. The van der Waals surface area contributed by atoms with Crippen molar-refractivity contribution in [1.82, 2.24) is 4.90 Å². The second kappa shape index (κ2) is 5.94. The number of rotatable bonds is 2. The second-order valence-electron chi connectivity index (χ2n) is 5.66. The van der Waals surface area contributed by atoms with E-state index in [-0.39, 0.29) is 17.9 Å². The molecular formula is C16H22N2O2. The van der Waals surface area contributed by atoms with Gasteiger partial charge in [0.05, 0.1) is 18.6 Å². The molecule has 0 unspecified atom stereocenters. The van der Waals surface area contributed by atoms with Gasteiger partial charge >= 0.3 is 0 Å². The minimum absolute atomic E-state index is 0.00784. The van der Waals surface area contributed by atoms with Crippen LogP contribution in [0.4, 0.5) is 0 Å². The Kier molecular flexibility index (Phi) is 4.03. The molecule has 1 heterocycles. The van der Waals surface area contributed by atoms with Crippen LogP contribution in [0.15, 0.2) is 24.3 Å². The Morgan fingerprint density at radius 2 is 2.25 bits per heavy atom. The zero-order chi connectivity index (χ0) is 13.9. The van der Waals surface area contributed by atoms with Gasteiger partial charge < -0.3 is 15.4 Å². The summed E-state index contributed by atoms with van der Waals surface area (Å²) in [7, 11) is 0. The number of morpholine rings is 1. The molecule has 1 amide bonds. The highest BCUT2D eigenvalue weighted by molar-refractivity contribution is 5.84. The maximum absolute atomic E-state index is 12.8. The number of nitrogens with two attached hydrogens (primary N) is 1. The molecule has 2 atom stereocenters. The van der Waals surface area contributed by atoms with Crippen LogP contribution in [-0.4, -0.2) is 43.2 Å². The number of fused-ring (bicyclic) bond motifs is 1. The molecule has 1 aromatic rings. The monoisotopic (exact) mass is 274 g/mol. The van der Waals surface area contributed by atoms with E-state index in [0.717, 1.165) is 19.3 Å². The lowest BCUT2D eigenvalue weighted by Gasteiger charge is -2.36. The number of hydrogen-bond acceptors (Lipinski definition) is 3. The van der Waals surface area contributed by atoms with E-state index in [1.165, 1.54) is 11.1 Å². The fourth-order valence-corrected chi connectivity index (χ4v) is 3.29. The first-order valence-electron chi connectivity index (χ1n) is 7.48. The third kappa shape index (κ3) is 2.58. The molecule has 0 radical (unpaired) electrons. The molecule has 4 heteroatoms. The number of benzene rings is 1. The molecule has 4 nitrogen and oxygen atoms in total. The smallest absolute Gasteiger partial charge is 0.230 e. The SMILES string of the molecule is NC[C@H]1CN(C(=O)[C@H]2CCCc3ccccc32)CCO1. The van der Waals surface area contributed by atoms with Gasteiger partial charge in [0.15, 0.2) is 0 Å². The zero-order valence-electron chi connectivity index (χ0n) is 11.8. The molecule has 0 aromatic heterocycles. The Hall–Kier alpha value is -1.39. The van der Waals surface area contributed by atoms with Crippen molar-refractivity contribution in [3.8, 4) is 0 Å². The molecule has 2 N–H and O–H groups in total. The van der Waals surface area contributed by atoms with Crippen molar-refractivity contribution in [1.29, 1.82) is 0 Å². The minimum Gasteiger partial charge on any atom is -0.373 e. The first kappa shape index (κ1) is 13.6. The van der Waals surface area contributed by atoms with Gasteiger partial charge in [-0.15, -0.1) is 0 Å². The van der Waals surface area contributed by atoms with Crippen LogP contribution < -0.4 is 5.73 Å². The van der Waals surface area contributed by atoms with Crippen LogP contribution >= 0.6 is 0 Å². The van der Waals surface area contributed by atoms with Crippen LogP contribution in [0.2, 0.25) is 0 Å². The Morgan fingerprint density at radius 3 is 3.10 bits per heavy atom. The molecule has 3 rings (SSSR count). The number of nitrogens with zero attached hydrogens (tertiary/aromatic N) is 1. The highest BCUT2D eigenvalue weighted by Gasteiger charge is 2.32. The van der Waals surface area contributed by atoms with Crippen molar-refractivity contribution in [3.63, 3.8) is 0 Å². The number of carbonyl (C=O) groups excluding carboxylic acids is 1. The number of aryl methyl sites for hydroxylation is 1. The highest BCUT2D eigenvalue weighted by Crippen LogP contribution is 2.33. The molecule has 2 aliphatic rings. The lowest BCUT2D eigenvalue weighted by atomic mass is 9.82. The quantitative estimate of drug-likeness (QED) is 0.884. The maximum Gasteiger partial charge on any atom is 0.230 e. The van der Waals surface area contributed by atoms with Gasteiger partial charge in [-0.1, -0.05) is 24.3 Å². The van der Waals surface area contributed by atoms with Crippen LogP contribution in [0.5, 0.6) is 0 Å². The Labute approximate surface area is 119 Å². The van der Waals surface area contributed by atoms with Crippen molar-refractivity contribution < 1.29 is 9.53 Å². The highest BCUT2D eigenvalue weighted by atomic mass is 16.5. The zero-order valence-corrected chi connectivity index (χ0v) is 11.8. The van der Waals surface area contributed by atoms with Gasteiger partial charge in [0.1, 0.15) is 0 Å². The van der Waals surface area contributed by atoms with E-state index in [2.05, 4.69) is 18.2 Å². The summed E-state index contributed by atoms with van der Waals surface area (Å²) in [5.41, 5.74) is 8.21. The van der Waals surface area contributed by atoms with Crippen molar-refractivity contribution in [2.24, 2.45) is 5.73 Å². The van der Waals surface area contributed by atoms with Crippen molar-refractivity contribution in [2.75, 3.05) is 26.2 Å². The summed E-state index contributed by atoms with van der Waals surface area (Å²) < 4.78 is 5.55. The lowest BCUT2D eigenvalue weighted by molar-refractivity contribution is -0.140. The molecule has 1 fully saturated rings. The molecule has 1 saturated heterocycles. The molecule has 0 bridgehead atoms. The summed E-state index contributed by atoms with van der Waals surface area (Å²) in [5.74, 6) is 0.273. The van der Waals surface area contributed by atoms with Crippen LogP contribution in [0.3, 0.4) is 0 Å². The summed E-state index contributed by atoms with van der Waals surface area (Å²) in [4.78, 5) is 14.7. The van der Waals surface area contributed by atoms with Crippen LogP contribution in [0, 0.1) is 0 Å². The average molecular weight is 274 g/mol. The number of hydrogen-bond donors (Lipinski definition) is 1. The standard InChI is InChI=1S/C16H22N2O2/c17-10-13-11-18(8-9-20-13)16(19)15-7-3-5-12-4-1-2-6-14(12)15/h1-2,4,6,13,15H,3,5,7-11,17H2/t13-,15-/m0/s1. The van der Waals surface area contributed by atoms with Gasteiger partial charge in [-0.3, -0.25) is 4.79 Å². The first-order valence-corrected chi connectivity index (χ1v) is 7.48. The van der Waals surface area contributed by atoms with E-state index in [0.29, 0.717) is 26.2 Å². The van der Waals surface area contributed by atoms with Crippen LogP contribution in [-0.2, 0) is 16.0 Å². The predicted molar refractivity (Wildman–Crippen MR) is 77.5 cm³/mol. The summed E-state index contributed by atoms with van der Waals surface area (Å²) in [6.45, 7) is 2.40. The van der Waals surface area contributed by atoms with Gasteiger partial charge in [0, 0.05) is 19.6 Å². The van der Waals surface area contributed by atoms with Gasteiger partial charge in [0.25, 0.3) is 0 Å². The van der Waals surface area contributed by atoms with E-state index in [1.54, 1.807) is 0 Å². The number of ether oxygens (including phenoxy) is 1. The van der Waals surface area contributed by atoms with E-state index < -0.39 is 0 Å². The number of carbonyl (C=O) groups is 1. The molecular weight excluding hydrogens is 252 g/mol. The van der Waals surface area contributed by atoms with E-state index in [4.69, 9.17) is 10.5 Å². The molecule has 1 aliphatic heterocycles. The summed E-state index contributed by atoms with van der Waals surface area (Å²) in [6, 6.07) is 8.35. The lowest BCUT2D eigenvalue weighted by Crippen LogP contribution is -2.49. The summed E-state index contributed by atoms with van der Waals surface area (Å²) in [5, 5.41) is 0. The van der Waals surface area contributed by atoms with E-state index >= 15 is 0 Å². The fraction of sp³-hybridized carbons (Fsp3) is 0.562. The van der Waals surface area contributed by atoms with Gasteiger partial charge in [-0.25, -0.2) is 0 Å². The Bertz CT molecular complexity index is 489.